The molecule has 0 fully saturated rings. The molecule has 0 spiro atoms. The summed E-state index contributed by atoms with van der Waals surface area (Å²) in [5.74, 6) is 0.990. The standard InChI is InChI=1S/C23H28FN5O2.HI/c1-25-23(26-10-9-17-14-27-21-12-18(24)7-8-20(17)21)28-13-16-5-4-6-19(11-16)31-15-22(30)29(2)3;/h4-8,11-12,14,27H,9-10,13,15H2,1-3H3,(H2,25,26,28);1H. The fraction of sp³-hybridized carbons (Fsp3) is 0.304. The van der Waals surface area contributed by atoms with E-state index in [0.29, 0.717) is 24.8 Å². The van der Waals surface area contributed by atoms with Crippen LogP contribution in [0.5, 0.6) is 5.75 Å². The van der Waals surface area contributed by atoms with Gasteiger partial charge >= 0.3 is 0 Å². The van der Waals surface area contributed by atoms with Crippen LogP contribution >= 0.6 is 24.0 Å². The van der Waals surface area contributed by atoms with Gasteiger partial charge in [-0.15, -0.1) is 24.0 Å². The molecule has 0 unspecified atom stereocenters. The average Bonchev–Trinajstić information content (AvgIpc) is 3.16. The number of H-pyrrole nitrogens is 1. The zero-order valence-electron chi connectivity index (χ0n) is 18.4. The fourth-order valence-electron chi connectivity index (χ4n) is 3.11. The number of nitrogens with zero attached hydrogens (tertiary/aromatic N) is 2. The smallest absolute Gasteiger partial charge is 0.259 e. The van der Waals surface area contributed by atoms with E-state index in [1.165, 1.54) is 17.0 Å². The molecule has 7 nitrogen and oxygen atoms in total. The number of likely N-dealkylation sites (N-methyl/N-ethyl adjacent to an activating group) is 1. The van der Waals surface area contributed by atoms with Crippen molar-refractivity contribution in [3.63, 3.8) is 0 Å². The molecule has 1 aromatic heterocycles. The summed E-state index contributed by atoms with van der Waals surface area (Å²) in [6.07, 6.45) is 2.68. The lowest BCUT2D eigenvalue weighted by atomic mass is 10.1. The monoisotopic (exact) mass is 553 g/mol. The molecule has 2 aromatic carbocycles. The molecule has 0 aliphatic carbocycles. The van der Waals surface area contributed by atoms with Gasteiger partial charge in [0.1, 0.15) is 11.6 Å². The van der Waals surface area contributed by atoms with Crippen LogP contribution in [0.3, 0.4) is 0 Å². The number of aromatic amines is 1. The van der Waals surface area contributed by atoms with Gasteiger partial charge in [-0.1, -0.05) is 12.1 Å². The number of hydrogen-bond donors (Lipinski definition) is 3. The van der Waals surface area contributed by atoms with Crippen LogP contribution in [0.2, 0.25) is 0 Å². The second-order valence-corrected chi connectivity index (χ2v) is 7.33. The van der Waals surface area contributed by atoms with Crippen molar-refractivity contribution in [2.75, 3.05) is 34.3 Å². The van der Waals surface area contributed by atoms with Crippen LogP contribution in [0, 0.1) is 5.82 Å². The van der Waals surface area contributed by atoms with Crippen LogP contribution in [0.15, 0.2) is 53.7 Å². The predicted molar refractivity (Wildman–Crippen MR) is 136 cm³/mol. The lowest BCUT2D eigenvalue weighted by Crippen LogP contribution is -2.37. The maximum atomic E-state index is 13.3. The number of benzene rings is 2. The van der Waals surface area contributed by atoms with E-state index in [1.807, 2.05) is 30.5 Å². The van der Waals surface area contributed by atoms with Gasteiger partial charge in [0.2, 0.25) is 0 Å². The SMILES string of the molecule is CN=C(NCCc1c[nH]c2cc(F)ccc12)NCc1cccc(OCC(=O)N(C)C)c1.I. The number of aromatic nitrogens is 1. The molecule has 0 atom stereocenters. The van der Waals surface area contributed by atoms with Gasteiger partial charge in [-0.25, -0.2) is 4.39 Å². The molecule has 3 rings (SSSR count). The number of halogens is 2. The third-order valence-corrected chi connectivity index (χ3v) is 4.86. The van der Waals surface area contributed by atoms with Gasteiger partial charge in [-0.2, -0.15) is 0 Å². The van der Waals surface area contributed by atoms with Crippen molar-refractivity contribution in [1.82, 2.24) is 20.5 Å². The topological polar surface area (TPSA) is 81.7 Å². The molecule has 3 aromatic rings. The third-order valence-electron chi connectivity index (χ3n) is 4.86. The van der Waals surface area contributed by atoms with Crippen LogP contribution in [-0.2, 0) is 17.8 Å². The largest absolute Gasteiger partial charge is 0.484 e. The molecular weight excluding hydrogens is 524 g/mol. The second kappa shape index (κ2) is 12.3. The Morgan fingerprint density at radius 2 is 2.00 bits per heavy atom. The minimum Gasteiger partial charge on any atom is -0.484 e. The van der Waals surface area contributed by atoms with Gasteiger partial charge in [-0.05, 0) is 47.9 Å². The first-order valence-corrected chi connectivity index (χ1v) is 10.1. The van der Waals surface area contributed by atoms with Gasteiger partial charge in [0.05, 0.1) is 0 Å². The highest BCUT2D eigenvalue weighted by molar-refractivity contribution is 14.0. The number of hydrogen-bond acceptors (Lipinski definition) is 3. The summed E-state index contributed by atoms with van der Waals surface area (Å²) in [5.41, 5.74) is 2.93. The highest BCUT2D eigenvalue weighted by atomic mass is 127. The van der Waals surface area contributed by atoms with Crippen LogP contribution in [0.4, 0.5) is 4.39 Å². The maximum Gasteiger partial charge on any atom is 0.259 e. The van der Waals surface area contributed by atoms with Crippen molar-refractivity contribution >= 4 is 46.7 Å². The molecule has 0 aliphatic heterocycles. The normalized spacial score (nSPS) is 11.1. The van der Waals surface area contributed by atoms with Crippen molar-refractivity contribution in [3.8, 4) is 5.75 Å². The van der Waals surface area contributed by atoms with Gasteiger partial charge in [-0.3, -0.25) is 9.79 Å². The Kier molecular flexibility index (Phi) is 9.76. The van der Waals surface area contributed by atoms with E-state index in [-0.39, 0.29) is 42.3 Å². The second-order valence-electron chi connectivity index (χ2n) is 7.33. The number of rotatable bonds is 8. The molecule has 0 saturated carbocycles. The minimum atomic E-state index is -0.248. The molecule has 0 saturated heterocycles. The summed E-state index contributed by atoms with van der Waals surface area (Å²) in [4.78, 5) is 20.5. The maximum absolute atomic E-state index is 13.3. The minimum absolute atomic E-state index is 0. The first-order chi connectivity index (χ1) is 15.0. The molecule has 0 aliphatic rings. The van der Waals surface area contributed by atoms with Gasteiger partial charge < -0.3 is 25.3 Å². The Hall–Kier alpha value is -2.82. The fourth-order valence-corrected chi connectivity index (χ4v) is 3.11. The molecule has 0 radical (unpaired) electrons. The Balaban J connectivity index is 0.00000363. The van der Waals surface area contributed by atoms with Gasteiger partial charge in [0.15, 0.2) is 12.6 Å². The van der Waals surface area contributed by atoms with E-state index in [2.05, 4.69) is 20.6 Å². The van der Waals surface area contributed by atoms with Crippen LogP contribution in [0.25, 0.3) is 10.9 Å². The molecule has 1 amide bonds. The van der Waals surface area contributed by atoms with E-state index in [1.54, 1.807) is 27.2 Å². The summed E-state index contributed by atoms with van der Waals surface area (Å²) >= 11 is 0. The third kappa shape index (κ3) is 7.11. The quantitative estimate of drug-likeness (QED) is 0.227. The van der Waals surface area contributed by atoms with Gasteiger partial charge in [0, 0.05) is 51.3 Å². The summed E-state index contributed by atoms with van der Waals surface area (Å²) < 4.78 is 18.9. The van der Waals surface area contributed by atoms with E-state index in [9.17, 15) is 9.18 Å². The highest BCUT2D eigenvalue weighted by Crippen LogP contribution is 2.19. The summed E-state index contributed by atoms with van der Waals surface area (Å²) in [7, 11) is 5.11. The number of fused-ring (bicyclic) bond motifs is 1. The Morgan fingerprint density at radius 3 is 2.75 bits per heavy atom. The first-order valence-electron chi connectivity index (χ1n) is 10.1. The zero-order valence-corrected chi connectivity index (χ0v) is 20.8. The molecular formula is C23H29FIN5O2. The number of carbonyl (C=O) groups excluding carboxylic acids is 1. The lowest BCUT2D eigenvalue weighted by molar-refractivity contribution is -0.130. The van der Waals surface area contributed by atoms with Crippen molar-refractivity contribution in [2.24, 2.45) is 4.99 Å². The van der Waals surface area contributed by atoms with Crippen LogP contribution < -0.4 is 15.4 Å². The molecule has 0 bridgehead atoms. The van der Waals surface area contributed by atoms with Crippen LogP contribution in [-0.4, -0.2) is 56.0 Å². The zero-order chi connectivity index (χ0) is 22.2. The number of aliphatic imine (C=N–C) groups is 1. The molecule has 1 heterocycles. The summed E-state index contributed by atoms with van der Waals surface area (Å²) in [5, 5.41) is 7.59. The molecule has 172 valence electrons. The number of nitrogens with one attached hydrogen (secondary N) is 3. The number of ether oxygens (including phenoxy) is 1. The van der Waals surface area contributed by atoms with E-state index < -0.39 is 0 Å². The Morgan fingerprint density at radius 1 is 1.19 bits per heavy atom. The van der Waals surface area contributed by atoms with Crippen molar-refractivity contribution in [2.45, 2.75) is 13.0 Å². The highest BCUT2D eigenvalue weighted by Gasteiger charge is 2.07. The number of guanidine groups is 1. The molecule has 9 heteroatoms. The first kappa shape index (κ1) is 25.4. The van der Waals surface area contributed by atoms with Crippen LogP contribution in [0.1, 0.15) is 11.1 Å². The van der Waals surface area contributed by atoms with E-state index in [0.717, 1.165) is 28.5 Å². The van der Waals surface area contributed by atoms with E-state index >= 15 is 0 Å². The molecule has 3 N–H and O–H groups in total. The van der Waals surface area contributed by atoms with Crippen molar-refractivity contribution in [1.29, 1.82) is 0 Å². The molecule has 32 heavy (non-hydrogen) atoms. The predicted octanol–water partition coefficient (Wildman–Crippen LogP) is 3.30. The summed E-state index contributed by atoms with van der Waals surface area (Å²) in [6.45, 7) is 1.25. The van der Waals surface area contributed by atoms with Crippen molar-refractivity contribution < 1.29 is 13.9 Å². The number of carbonyl (C=O) groups is 1. The Labute approximate surface area is 204 Å². The van der Waals surface area contributed by atoms with E-state index in [4.69, 9.17) is 4.74 Å². The van der Waals surface area contributed by atoms with Crippen molar-refractivity contribution in [3.05, 3.63) is 65.6 Å². The Bertz CT molecular complexity index is 1070. The van der Waals surface area contributed by atoms with Gasteiger partial charge in [0.25, 0.3) is 5.91 Å². The average molecular weight is 553 g/mol. The number of amides is 1. The summed E-state index contributed by atoms with van der Waals surface area (Å²) in [6, 6.07) is 12.4. The lowest BCUT2D eigenvalue weighted by Gasteiger charge is -2.13.